The van der Waals surface area contributed by atoms with E-state index in [1.807, 2.05) is 80.6 Å². The van der Waals surface area contributed by atoms with Crippen LogP contribution in [0.3, 0.4) is 0 Å². The number of aliphatic hydroxyl groups excluding tert-OH is 1. The van der Waals surface area contributed by atoms with Gasteiger partial charge in [0.05, 0.1) is 17.6 Å². The Morgan fingerprint density at radius 1 is 0.818 bits per heavy atom. The normalized spacial score (nSPS) is 11.2. The van der Waals surface area contributed by atoms with E-state index in [1.165, 1.54) is 11.6 Å². The molecule has 164 valence electrons. The lowest BCUT2D eigenvalue weighted by molar-refractivity contribution is 0.282. The van der Waals surface area contributed by atoms with E-state index in [-0.39, 0.29) is 12.4 Å². The second-order valence-corrected chi connectivity index (χ2v) is 8.17. The number of nitrogens with one attached hydrogen (secondary N) is 1. The zero-order chi connectivity index (χ0) is 22.9. The first-order valence-electron chi connectivity index (χ1n) is 10.7. The van der Waals surface area contributed by atoms with Crippen molar-refractivity contribution in [3.63, 3.8) is 0 Å². The molecule has 5 aromatic rings. The maximum absolute atomic E-state index is 14.9. The van der Waals surface area contributed by atoms with Gasteiger partial charge in [0.1, 0.15) is 11.6 Å². The molecule has 5 heteroatoms. The van der Waals surface area contributed by atoms with Crippen molar-refractivity contribution in [2.24, 2.45) is 0 Å². The van der Waals surface area contributed by atoms with Gasteiger partial charge in [-0.25, -0.2) is 4.39 Å². The van der Waals surface area contributed by atoms with Crippen LogP contribution in [-0.4, -0.2) is 15.1 Å². The third kappa shape index (κ3) is 4.23. The van der Waals surface area contributed by atoms with E-state index in [0.717, 1.165) is 27.8 Å². The molecule has 1 aromatic heterocycles. The molecule has 5 rings (SSSR count). The molecule has 0 amide bonds. The first kappa shape index (κ1) is 20.9. The third-order valence-corrected chi connectivity index (χ3v) is 5.91. The summed E-state index contributed by atoms with van der Waals surface area (Å²) in [6, 6.07) is 24.8. The Kier molecular flexibility index (Phi) is 5.40. The highest BCUT2D eigenvalue weighted by Crippen LogP contribution is 2.31. The van der Waals surface area contributed by atoms with Crippen molar-refractivity contribution in [2.45, 2.75) is 20.5 Å². The number of aryl methyl sites for hydroxylation is 2. The highest BCUT2D eigenvalue weighted by Gasteiger charge is 2.12. The quantitative estimate of drug-likeness (QED) is 0.313. The molecule has 0 radical (unpaired) electrons. The monoisotopic (exact) mass is 438 g/mol. The number of rotatable bonds is 5. The van der Waals surface area contributed by atoms with E-state index in [0.29, 0.717) is 28.4 Å². The van der Waals surface area contributed by atoms with Crippen molar-refractivity contribution in [3.8, 4) is 34.0 Å². The zero-order valence-electron chi connectivity index (χ0n) is 18.4. The number of hydrogen-bond donors (Lipinski definition) is 2. The predicted octanol–water partition coefficient (Wildman–Crippen LogP) is 6.94. The van der Waals surface area contributed by atoms with Gasteiger partial charge in [-0.1, -0.05) is 54.6 Å². The van der Waals surface area contributed by atoms with Crippen molar-refractivity contribution in [2.75, 3.05) is 0 Å². The van der Waals surface area contributed by atoms with Gasteiger partial charge in [0.2, 0.25) is 0 Å². The van der Waals surface area contributed by atoms with Gasteiger partial charge >= 0.3 is 0 Å². The Hall–Kier alpha value is -3.96. The number of aromatic nitrogens is 2. The second-order valence-electron chi connectivity index (χ2n) is 8.17. The van der Waals surface area contributed by atoms with Crippen LogP contribution in [0.5, 0.6) is 11.8 Å². The Balaban J connectivity index is 1.43. The van der Waals surface area contributed by atoms with Crippen LogP contribution in [0.4, 0.5) is 4.39 Å². The molecule has 33 heavy (non-hydrogen) atoms. The van der Waals surface area contributed by atoms with E-state index in [4.69, 9.17) is 4.74 Å². The number of aliphatic hydroxyl groups is 1. The van der Waals surface area contributed by atoms with Crippen LogP contribution in [0.15, 0.2) is 78.9 Å². The number of halogens is 1. The summed E-state index contributed by atoms with van der Waals surface area (Å²) in [6.07, 6.45) is 0. The number of benzene rings is 4. The number of fused-ring (bicyclic) bond motifs is 1. The van der Waals surface area contributed by atoms with Crippen molar-refractivity contribution in [1.82, 2.24) is 9.97 Å². The van der Waals surface area contributed by atoms with Crippen LogP contribution >= 0.6 is 0 Å². The van der Waals surface area contributed by atoms with Gasteiger partial charge < -0.3 is 14.8 Å². The number of H-pyrrole nitrogens is 1. The summed E-state index contributed by atoms with van der Waals surface area (Å²) in [5, 5.41) is 9.21. The van der Waals surface area contributed by atoms with Gasteiger partial charge in [-0.2, -0.15) is 4.98 Å². The molecule has 0 aliphatic heterocycles. The minimum atomic E-state index is -0.330. The molecular weight excluding hydrogens is 415 g/mol. The maximum Gasteiger partial charge on any atom is 0.300 e. The molecule has 0 saturated carbocycles. The fourth-order valence-corrected chi connectivity index (χ4v) is 3.81. The lowest BCUT2D eigenvalue weighted by Gasteiger charge is -2.07. The molecule has 4 aromatic carbocycles. The Morgan fingerprint density at radius 3 is 2.15 bits per heavy atom. The van der Waals surface area contributed by atoms with Gasteiger partial charge in [-0.3, -0.25) is 0 Å². The van der Waals surface area contributed by atoms with Gasteiger partial charge in [-0.15, -0.1) is 0 Å². The molecule has 0 spiro atoms. The summed E-state index contributed by atoms with van der Waals surface area (Å²) in [7, 11) is 0. The van der Waals surface area contributed by atoms with Gasteiger partial charge in [-0.05, 0) is 65.4 Å². The van der Waals surface area contributed by atoms with Crippen LogP contribution < -0.4 is 4.74 Å². The van der Waals surface area contributed by atoms with Gasteiger partial charge in [0.25, 0.3) is 6.01 Å². The smallest absolute Gasteiger partial charge is 0.300 e. The Bertz CT molecular complexity index is 1440. The molecular formula is C28H23FN2O2. The highest BCUT2D eigenvalue weighted by molar-refractivity contribution is 5.83. The molecule has 0 fully saturated rings. The molecule has 0 bridgehead atoms. The van der Waals surface area contributed by atoms with Crippen LogP contribution in [0.1, 0.15) is 16.7 Å². The predicted molar refractivity (Wildman–Crippen MR) is 129 cm³/mol. The fourth-order valence-electron chi connectivity index (χ4n) is 3.81. The summed E-state index contributed by atoms with van der Waals surface area (Å²) in [5.41, 5.74) is 7.70. The fraction of sp³-hybridized carbons (Fsp3) is 0.107. The number of hydrogen-bond acceptors (Lipinski definition) is 3. The zero-order valence-corrected chi connectivity index (χ0v) is 18.4. The average molecular weight is 439 g/mol. The molecule has 0 aliphatic rings. The topological polar surface area (TPSA) is 58.1 Å². The standard InChI is InChI=1S/C28H23FN2O2/c1-17-3-12-23(13-18(17)2)33-28-30-26-14-24(25(29)15-27(26)31-28)22-10-8-21(9-11-22)20-6-4-19(16-32)5-7-20/h3-15,32H,16H2,1-2H3,(H,30,31). The van der Waals surface area contributed by atoms with E-state index < -0.39 is 0 Å². The molecule has 0 saturated heterocycles. The molecule has 0 aliphatic carbocycles. The van der Waals surface area contributed by atoms with Crippen molar-refractivity contribution >= 4 is 11.0 Å². The van der Waals surface area contributed by atoms with E-state index >= 15 is 0 Å². The second kappa shape index (κ2) is 8.52. The van der Waals surface area contributed by atoms with E-state index in [1.54, 1.807) is 6.07 Å². The summed E-state index contributed by atoms with van der Waals surface area (Å²) < 4.78 is 20.8. The average Bonchev–Trinajstić information content (AvgIpc) is 3.22. The largest absolute Gasteiger partial charge is 0.426 e. The number of aromatic amines is 1. The summed E-state index contributed by atoms with van der Waals surface area (Å²) >= 11 is 0. The van der Waals surface area contributed by atoms with E-state index in [2.05, 4.69) is 9.97 Å². The molecule has 4 nitrogen and oxygen atoms in total. The first-order valence-corrected chi connectivity index (χ1v) is 10.7. The lowest BCUT2D eigenvalue weighted by Crippen LogP contribution is -1.88. The van der Waals surface area contributed by atoms with E-state index in [9.17, 15) is 9.50 Å². The lowest BCUT2D eigenvalue weighted by atomic mass is 9.99. The minimum absolute atomic E-state index is 0.0194. The van der Waals surface area contributed by atoms with Crippen LogP contribution in [-0.2, 0) is 6.61 Å². The summed E-state index contributed by atoms with van der Waals surface area (Å²) in [4.78, 5) is 7.55. The van der Waals surface area contributed by atoms with Crippen molar-refractivity contribution in [1.29, 1.82) is 0 Å². The number of imidazole rings is 1. The number of nitrogens with zero attached hydrogens (tertiary/aromatic N) is 1. The summed E-state index contributed by atoms with van der Waals surface area (Å²) in [6.45, 7) is 4.09. The minimum Gasteiger partial charge on any atom is -0.426 e. The Labute approximate surface area is 191 Å². The van der Waals surface area contributed by atoms with Crippen LogP contribution in [0, 0.1) is 19.7 Å². The van der Waals surface area contributed by atoms with Crippen molar-refractivity contribution in [3.05, 3.63) is 101 Å². The summed E-state index contributed by atoms with van der Waals surface area (Å²) in [5.74, 6) is 0.351. The molecule has 0 unspecified atom stereocenters. The first-order chi connectivity index (χ1) is 16.0. The molecule has 2 N–H and O–H groups in total. The van der Waals surface area contributed by atoms with Crippen LogP contribution in [0.25, 0.3) is 33.3 Å². The number of ether oxygens (including phenoxy) is 1. The van der Waals surface area contributed by atoms with Gasteiger partial charge in [0.15, 0.2) is 0 Å². The SMILES string of the molecule is Cc1ccc(Oc2nc3cc(-c4ccc(-c5ccc(CO)cc5)cc4)c(F)cc3[nH]2)cc1C. The molecule has 0 atom stereocenters. The Morgan fingerprint density at radius 2 is 1.48 bits per heavy atom. The van der Waals surface area contributed by atoms with Crippen LogP contribution in [0.2, 0.25) is 0 Å². The highest BCUT2D eigenvalue weighted by atomic mass is 19.1. The van der Waals surface area contributed by atoms with Crippen molar-refractivity contribution < 1.29 is 14.2 Å². The maximum atomic E-state index is 14.9. The van der Waals surface area contributed by atoms with Gasteiger partial charge in [0, 0.05) is 11.6 Å². The third-order valence-electron chi connectivity index (χ3n) is 5.91. The molecule has 1 heterocycles.